The molecule has 0 saturated carbocycles. The fourth-order valence-corrected chi connectivity index (χ4v) is 1.75. The minimum Gasteiger partial charge on any atom is -0.341 e. The maximum absolute atomic E-state index is 11.3. The Labute approximate surface area is 82.4 Å². The number of anilines is 1. The highest BCUT2D eigenvalue weighted by Gasteiger charge is 2.17. The Morgan fingerprint density at radius 1 is 1.29 bits per heavy atom. The van der Waals surface area contributed by atoms with Gasteiger partial charge in [0.1, 0.15) is 5.69 Å². The molecule has 76 valence electrons. The van der Waals surface area contributed by atoms with E-state index >= 15 is 0 Å². The molecule has 5 heteroatoms. The molecule has 1 aromatic rings. The largest absolute Gasteiger partial charge is 0.341 e. The van der Waals surface area contributed by atoms with Crippen molar-refractivity contribution >= 4 is 5.95 Å². The maximum atomic E-state index is 11.3. The SMILES string of the molecule is Cc1nn(C)c(N2CCCC2)nc1=O. The van der Waals surface area contributed by atoms with Crippen LogP contribution in [-0.4, -0.2) is 27.9 Å². The summed E-state index contributed by atoms with van der Waals surface area (Å²) < 4.78 is 1.68. The van der Waals surface area contributed by atoms with E-state index in [0.29, 0.717) is 11.6 Å². The molecule has 1 aliphatic heterocycles. The molecule has 0 bridgehead atoms. The van der Waals surface area contributed by atoms with Gasteiger partial charge in [0.25, 0.3) is 5.56 Å². The zero-order valence-electron chi connectivity index (χ0n) is 8.53. The van der Waals surface area contributed by atoms with Crippen LogP contribution in [0.25, 0.3) is 0 Å². The summed E-state index contributed by atoms with van der Waals surface area (Å²) in [6.07, 6.45) is 2.34. The van der Waals surface area contributed by atoms with Crippen molar-refractivity contribution in [2.75, 3.05) is 18.0 Å². The lowest BCUT2D eigenvalue weighted by Crippen LogP contribution is -2.29. The van der Waals surface area contributed by atoms with Gasteiger partial charge in [-0.2, -0.15) is 10.1 Å². The van der Waals surface area contributed by atoms with Crippen LogP contribution in [-0.2, 0) is 7.05 Å². The first-order valence-corrected chi connectivity index (χ1v) is 4.85. The van der Waals surface area contributed by atoms with Crippen LogP contribution in [0.3, 0.4) is 0 Å². The third kappa shape index (κ3) is 1.49. The van der Waals surface area contributed by atoms with Gasteiger partial charge in [-0.1, -0.05) is 0 Å². The molecule has 5 nitrogen and oxygen atoms in total. The molecule has 0 aromatic carbocycles. The molecule has 0 spiro atoms. The lowest BCUT2D eigenvalue weighted by molar-refractivity contribution is 0.663. The van der Waals surface area contributed by atoms with Crippen LogP contribution in [0.4, 0.5) is 5.95 Å². The third-order valence-electron chi connectivity index (χ3n) is 2.49. The minimum absolute atomic E-state index is 0.218. The van der Waals surface area contributed by atoms with Gasteiger partial charge in [-0.25, -0.2) is 4.68 Å². The first-order chi connectivity index (χ1) is 6.68. The highest BCUT2D eigenvalue weighted by atomic mass is 16.1. The van der Waals surface area contributed by atoms with E-state index in [1.807, 2.05) is 7.05 Å². The normalized spacial score (nSPS) is 16.3. The predicted molar refractivity (Wildman–Crippen MR) is 53.5 cm³/mol. The average Bonchev–Trinajstić information content (AvgIpc) is 2.64. The Kier molecular flexibility index (Phi) is 2.23. The van der Waals surface area contributed by atoms with E-state index < -0.39 is 0 Å². The van der Waals surface area contributed by atoms with E-state index in [2.05, 4.69) is 15.0 Å². The molecule has 2 heterocycles. The van der Waals surface area contributed by atoms with Gasteiger partial charge in [-0.3, -0.25) is 4.79 Å². The molecular formula is C9H14N4O. The minimum atomic E-state index is -0.218. The highest BCUT2D eigenvalue weighted by molar-refractivity contribution is 5.30. The van der Waals surface area contributed by atoms with Crippen molar-refractivity contribution in [3.05, 3.63) is 16.0 Å². The lowest BCUT2D eigenvalue weighted by atomic mass is 10.4. The van der Waals surface area contributed by atoms with Crippen LogP contribution >= 0.6 is 0 Å². The standard InChI is InChI=1S/C9H14N4O/c1-7-8(14)10-9(12(2)11-7)13-5-3-4-6-13/h3-6H2,1-2H3. The summed E-state index contributed by atoms with van der Waals surface area (Å²) >= 11 is 0. The van der Waals surface area contributed by atoms with Crippen LogP contribution in [0.5, 0.6) is 0 Å². The average molecular weight is 194 g/mol. The van der Waals surface area contributed by atoms with E-state index in [-0.39, 0.29) is 5.56 Å². The quantitative estimate of drug-likeness (QED) is 0.635. The molecule has 14 heavy (non-hydrogen) atoms. The molecule has 1 saturated heterocycles. The van der Waals surface area contributed by atoms with Gasteiger partial charge >= 0.3 is 0 Å². The molecule has 2 rings (SSSR count). The van der Waals surface area contributed by atoms with Gasteiger partial charge in [0.05, 0.1) is 0 Å². The number of rotatable bonds is 1. The maximum Gasteiger partial charge on any atom is 0.296 e. The van der Waals surface area contributed by atoms with Gasteiger partial charge in [-0.15, -0.1) is 0 Å². The van der Waals surface area contributed by atoms with Gasteiger partial charge in [0.15, 0.2) is 0 Å². The number of aryl methyl sites for hydroxylation is 2. The Bertz CT molecular complexity index is 392. The smallest absolute Gasteiger partial charge is 0.296 e. The molecule has 1 fully saturated rings. The van der Waals surface area contributed by atoms with Crippen molar-refractivity contribution in [2.24, 2.45) is 7.05 Å². The number of nitrogens with zero attached hydrogens (tertiary/aromatic N) is 4. The van der Waals surface area contributed by atoms with Gasteiger partial charge in [0, 0.05) is 20.1 Å². The zero-order chi connectivity index (χ0) is 10.1. The molecule has 0 aliphatic carbocycles. The summed E-state index contributed by atoms with van der Waals surface area (Å²) in [6, 6.07) is 0. The summed E-state index contributed by atoms with van der Waals surface area (Å²) in [7, 11) is 1.83. The number of hydrogen-bond donors (Lipinski definition) is 0. The van der Waals surface area contributed by atoms with Gasteiger partial charge in [-0.05, 0) is 19.8 Å². The second-order valence-electron chi connectivity index (χ2n) is 3.62. The van der Waals surface area contributed by atoms with Crippen molar-refractivity contribution in [1.29, 1.82) is 0 Å². The monoisotopic (exact) mass is 194 g/mol. The topological polar surface area (TPSA) is 51.0 Å². The second kappa shape index (κ2) is 3.40. The lowest BCUT2D eigenvalue weighted by Gasteiger charge is -2.18. The molecule has 0 N–H and O–H groups in total. The van der Waals surface area contributed by atoms with Crippen LogP contribution in [0.1, 0.15) is 18.5 Å². The predicted octanol–water partition coefficient (Wildman–Crippen LogP) is 0.0839. The van der Waals surface area contributed by atoms with Crippen LogP contribution < -0.4 is 10.5 Å². The van der Waals surface area contributed by atoms with Crippen molar-refractivity contribution in [3.63, 3.8) is 0 Å². The fraction of sp³-hybridized carbons (Fsp3) is 0.667. The van der Waals surface area contributed by atoms with E-state index in [0.717, 1.165) is 13.1 Å². The van der Waals surface area contributed by atoms with E-state index in [4.69, 9.17) is 0 Å². The molecule has 0 atom stereocenters. The van der Waals surface area contributed by atoms with Crippen LogP contribution in [0, 0.1) is 6.92 Å². The van der Waals surface area contributed by atoms with Crippen LogP contribution in [0.15, 0.2) is 4.79 Å². The Morgan fingerprint density at radius 3 is 2.57 bits per heavy atom. The molecule has 1 aromatic heterocycles. The Morgan fingerprint density at radius 2 is 1.93 bits per heavy atom. The Balaban J connectivity index is 2.42. The molecule has 0 unspecified atom stereocenters. The molecule has 1 aliphatic rings. The van der Waals surface area contributed by atoms with Gasteiger partial charge < -0.3 is 4.90 Å². The summed E-state index contributed by atoms with van der Waals surface area (Å²) in [5, 5.41) is 4.12. The number of aromatic nitrogens is 3. The van der Waals surface area contributed by atoms with E-state index in [1.165, 1.54) is 12.8 Å². The highest BCUT2D eigenvalue weighted by Crippen LogP contribution is 2.14. The van der Waals surface area contributed by atoms with Crippen molar-refractivity contribution in [2.45, 2.75) is 19.8 Å². The third-order valence-corrected chi connectivity index (χ3v) is 2.49. The Hall–Kier alpha value is -1.39. The summed E-state index contributed by atoms with van der Waals surface area (Å²) in [5.41, 5.74) is 0.237. The molecular weight excluding hydrogens is 180 g/mol. The van der Waals surface area contributed by atoms with Crippen molar-refractivity contribution < 1.29 is 0 Å². The second-order valence-corrected chi connectivity index (χ2v) is 3.62. The van der Waals surface area contributed by atoms with Crippen LogP contribution in [0.2, 0.25) is 0 Å². The molecule has 0 radical (unpaired) electrons. The number of hydrogen-bond acceptors (Lipinski definition) is 4. The van der Waals surface area contributed by atoms with Gasteiger partial charge in [0.2, 0.25) is 5.95 Å². The van der Waals surface area contributed by atoms with E-state index in [9.17, 15) is 4.79 Å². The van der Waals surface area contributed by atoms with Crippen molar-refractivity contribution in [1.82, 2.24) is 14.8 Å². The zero-order valence-corrected chi connectivity index (χ0v) is 8.53. The summed E-state index contributed by atoms with van der Waals surface area (Å²) in [4.78, 5) is 17.5. The van der Waals surface area contributed by atoms with Crippen molar-refractivity contribution in [3.8, 4) is 0 Å². The van der Waals surface area contributed by atoms with E-state index in [1.54, 1.807) is 11.6 Å². The fourth-order valence-electron chi connectivity index (χ4n) is 1.75. The first kappa shape index (κ1) is 9.18. The summed E-state index contributed by atoms with van der Waals surface area (Å²) in [5.74, 6) is 0.693. The molecule has 0 amide bonds. The first-order valence-electron chi connectivity index (χ1n) is 4.85. The summed E-state index contributed by atoms with van der Waals surface area (Å²) in [6.45, 7) is 3.64.